The van der Waals surface area contributed by atoms with E-state index in [1.165, 1.54) is 14.2 Å². The first kappa shape index (κ1) is 29.6. The summed E-state index contributed by atoms with van der Waals surface area (Å²) in [4.78, 5) is 13.3. The van der Waals surface area contributed by atoms with Crippen LogP contribution in [0.15, 0.2) is 54.6 Å². The quantitative estimate of drug-likeness (QED) is 0.118. The van der Waals surface area contributed by atoms with Gasteiger partial charge in [0.25, 0.3) is 5.79 Å². The molecule has 6 nitrogen and oxygen atoms in total. The van der Waals surface area contributed by atoms with Gasteiger partial charge in [-0.15, -0.1) is 0 Å². The first-order valence-electron chi connectivity index (χ1n) is 12.1. The minimum absolute atomic E-state index is 0.269. The SMILES string of the molecule is COC(OC)(C(=O)c1ccc(OCCC[Si](C)(O[Si](C)(C)C)O[Si](C)(C)C)cc1)c1ccccc1. The molecule has 0 saturated carbocycles. The molecule has 0 amide bonds. The maximum Gasteiger partial charge on any atom is 0.314 e. The molecule has 0 aliphatic rings. The maximum absolute atomic E-state index is 13.3. The summed E-state index contributed by atoms with van der Waals surface area (Å²) >= 11 is 0. The van der Waals surface area contributed by atoms with E-state index >= 15 is 0 Å². The molecule has 9 heteroatoms. The third kappa shape index (κ3) is 8.78. The van der Waals surface area contributed by atoms with Crippen molar-refractivity contribution in [2.45, 2.75) is 64.1 Å². The summed E-state index contributed by atoms with van der Waals surface area (Å²) in [6.07, 6.45) is 0.850. The fourth-order valence-corrected chi connectivity index (χ4v) is 16.7. The van der Waals surface area contributed by atoms with Crippen LogP contribution in [0.4, 0.5) is 0 Å². The topological polar surface area (TPSA) is 63.2 Å². The molecular weight excluding hydrogens is 493 g/mol. The smallest absolute Gasteiger partial charge is 0.314 e. The monoisotopic (exact) mass is 534 g/mol. The van der Waals surface area contributed by atoms with E-state index in [2.05, 4.69) is 45.8 Å². The highest BCUT2D eigenvalue weighted by molar-refractivity contribution is 6.87. The molecule has 0 bridgehead atoms. The average Bonchev–Trinajstić information content (AvgIpc) is 2.76. The molecule has 2 aromatic carbocycles. The van der Waals surface area contributed by atoms with Gasteiger partial charge in [0, 0.05) is 25.3 Å². The van der Waals surface area contributed by atoms with Gasteiger partial charge in [-0.2, -0.15) is 0 Å². The first-order chi connectivity index (χ1) is 16.2. The van der Waals surface area contributed by atoms with Crippen molar-refractivity contribution in [3.63, 3.8) is 0 Å². The molecule has 0 heterocycles. The van der Waals surface area contributed by atoms with Crippen molar-refractivity contribution in [3.8, 4) is 5.75 Å². The number of rotatable bonds is 14. The van der Waals surface area contributed by atoms with Crippen LogP contribution in [0, 0.1) is 0 Å². The number of ether oxygens (including phenoxy) is 3. The highest BCUT2D eigenvalue weighted by atomic mass is 28.5. The summed E-state index contributed by atoms with van der Waals surface area (Å²) in [5, 5.41) is 0. The fourth-order valence-electron chi connectivity index (χ4n) is 4.19. The van der Waals surface area contributed by atoms with Gasteiger partial charge in [-0.3, -0.25) is 4.79 Å². The van der Waals surface area contributed by atoms with E-state index in [0.717, 1.165) is 12.5 Å². The normalized spacial score (nSPS) is 13.1. The molecule has 0 saturated heterocycles. The summed E-state index contributed by atoms with van der Waals surface area (Å²) in [7, 11) is -2.76. The van der Waals surface area contributed by atoms with Crippen LogP contribution >= 0.6 is 0 Å². The molecule has 2 rings (SSSR count). The summed E-state index contributed by atoms with van der Waals surface area (Å²) in [6.45, 7) is 16.0. The van der Waals surface area contributed by atoms with E-state index in [0.29, 0.717) is 23.5 Å². The second-order valence-corrected chi connectivity index (χ2v) is 23.6. The Bertz CT molecular complexity index is 916. The lowest BCUT2D eigenvalue weighted by molar-refractivity contribution is -0.176. The summed E-state index contributed by atoms with van der Waals surface area (Å²) in [6, 6.07) is 17.2. The van der Waals surface area contributed by atoms with Crippen LogP contribution in [0.5, 0.6) is 5.75 Å². The molecule has 194 valence electrons. The predicted molar refractivity (Wildman–Crippen MR) is 148 cm³/mol. The van der Waals surface area contributed by atoms with Crippen molar-refractivity contribution < 1.29 is 27.2 Å². The third-order valence-corrected chi connectivity index (χ3v) is 14.8. The van der Waals surface area contributed by atoms with E-state index < -0.39 is 31.0 Å². The van der Waals surface area contributed by atoms with Crippen LogP contribution in [0.2, 0.25) is 51.9 Å². The number of methoxy groups -OCH3 is 2. The summed E-state index contributed by atoms with van der Waals surface area (Å²) in [5.41, 5.74) is 1.13. The Morgan fingerprint density at radius 2 is 1.29 bits per heavy atom. The number of hydrogen-bond acceptors (Lipinski definition) is 6. The fraction of sp³-hybridized carbons (Fsp3) is 0.500. The van der Waals surface area contributed by atoms with Gasteiger partial charge in [0.2, 0.25) is 5.78 Å². The molecule has 35 heavy (non-hydrogen) atoms. The van der Waals surface area contributed by atoms with Gasteiger partial charge in [0.05, 0.1) is 6.61 Å². The number of ketones is 1. The summed E-state index contributed by atoms with van der Waals surface area (Å²) in [5.74, 6) is -1.05. The zero-order valence-corrected chi connectivity index (χ0v) is 25.8. The van der Waals surface area contributed by atoms with Crippen molar-refractivity contribution >= 4 is 31.0 Å². The largest absolute Gasteiger partial charge is 0.494 e. The second-order valence-electron chi connectivity index (χ2n) is 10.8. The maximum atomic E-state index is 13.3. The Morgan fingerprint density at radius 3 is 1.74 bits per heavy atom. The molecule has 0 radical (unpaired) electrons. The Morgan fingerprint density at radius 1 is 0.771 bits per heavy atom. The predicted octanol–water partition coefficient (Wildman–Crippen LogP) is 6.56. The van der Waals surface area contributed by atoms with Crippen LogP contribution < -0.4 is 4.74 Å². The molecular formula is C26H42O6Si3. The molecule has 0 aliphatic carbocycles. The van der Waals surface area contributed by atoms with E-state index in [-0.39, 0.29) is 5.78 Å². The number of benzene rings is 2. The zero-order chi connectivity index (χ0) is 26.3. The van der Waals surface area contributed by atoms with Gasteiger partial charge in [0.1, 0.15) is 5.75 Å². The van der Waals surface area contributed by atoms with Crippen molar-refractivity contribution in [1.82, 2.24) is 0 Å². The zero-order valence-electron chi connectivity index (χ0n) is 22.8. The number of Topliss-reactive ketones (excluding diaryl/α,β-unsaturated/α-hetero) is 1. The minimum atomic E-state index is -2.27. The van der Waals surface area contributed by atoms with E-state index in [1.807, 2.05) is 42.5 Å². The van der Waals surface area contributed by atoms with Crippen LogP contribution in [-0.2, 0) is 23.5 Å². The average molecular weight is 535 g/mol. The Balaban J connectivity index is 2.03. The molecule has 0 aromatic heterocycles. The third-order valence-electron chi connectivity index (χ3n) is 5.23. The Labute approximate surface area is 214 Å². The van der Waals surface area contributed by atoms with Gasteiger partial charge < -0.3 is 22.4 Å². The van der Waals surface area contributed by atoms with E-state index in [9.17, 15) is 4.79 Å². The second kappa shape index (κ2) is 12.1. The molecule has 0 spiro atoms. The van der Waals surface area contributed by atoms with Crippen molar-refractivity contribution in [2.24, 2.45) is 0 Å². The van der Waals surface area contributed by atoms with E-state index in [1.54, 1.807) is 12.1 Å². The highest BCUT2D eigenvalue weighted by Gasteiger charge is 2.42. The Hall–Kier alpha value is -1.60. The molecule has 0 atom stereocenters. The van der Waals surface area contributed by atoms with Crippen LogP contribution in [0.3, 0.4) is 0 Å². The molecule has 0 aliphatic heterocycles. The van der Waals surface area contributed by atoms with Gasteiger partial charge >= 0.3 is 8.56 Å². The Kier molecular flexibility index (Phi) is 10.2. The van der Waals surface area contributed by atoms with E-state index in [4.69, 9.17) is 22.4 Å². The number of hydrogen-bond donors (Lipinski definition) is 0. The lowest BCUT2D eigenvalue weighted by Crippen LogP contribution is -2.52. The lowest BCUT2D eigenvalue weighted by atomic mass is 9.96. The van der Waals surface area contributed by atoms with Crippen LogP contribution in [0.25, 0.3) is 0 Å². The van der Waals surface area contributed by atoms with Crippen LogP contribution in [0.1, 0.15) is 22.3 Å². The minimum Gasteiger partial charge on any atom is -0.494 e. The summed E-state index contributed by atoms with van der Waals surface area (Å²) < 4.78 is 30.3. The molecule has 0 unspecified atom stereocenters. The van der Waals surface area contributed by atoms with Crippen molar-refractivity contribution in [1.29, 1.82) is 0 Å². The van der Waals surface area contributed by atoms with Gasteiger partial charge in [0.15, 0.2) is 16.6 Å². The number of carbonyl (C=O) groups is 1. The van der Waals surface area contributed by atoms with Crippen molar-refractivity contribution in [3.05, 3.63) is 65.7 Å². The number of carbonyl (C=O) groups excluding carboxylic acids is 1. The van der Waals surface area contributed by atoms with Crippen LogP contribution in [-0.4, -0.2) is 51.8 Å². The lowest BCUT2D eigenvalue weighted by Gasteiger charge is -2.38. The standard InChI is InChI=1S/C26H42O6Si3/c1-28-26(29-2,23-14-11-10-12-15-23)25(27)22-16-18-24(19-17-22)30-20-13-21-35(9,31-33(3,4)5)32-34(6,7)8/h10-12,14-19H,13,20-21H2,1-9H3. The van der Waals surface area contributed by atoms with Gasteiger partial charge in [-0.1, -0.05) is 30.3 Å². The van der Waals surface area contributed by atoms with Gasteiger partial charge in [-0.05, 0) is 82.6 Å². The molecule has 0 fully saturated rings. The molecule has 0 N–H and O–H groups in total. The highest BCUT2D eigenvalue weighted by Crippen LogP contribution is 2.31. The van der Waals surface area contributed by atoms with Gasteiger partial charge in [-0.25, -0.2) is 0 Å². The molecule has 2 aromatic rings. The first-order valence-corrected chi connectivity index (χ1v) is 21.4. The van der Waals surface area contributed by atoms with Crippen molar-refractivity contribution in [2.75, 3.05) is 20.8 Å².